The number of carbonyl (C=O) groups is 2. The Kier molecular flexibility index (Phi) is 4.54. The third-order valence-corrected chi connectivity index (χ3v) is 4.85. The van der Waals surface area contributed by atoms with Crippen molar-refractivity contribution in [2.75, 3.05) is 19.6 Å². The number of amides is 3. The third-order valence-electron chi connectivity index (χ3n) is 4.85. The highest BCUT2D eigenvalue weighted by Crippen LogP contribution is 2.26. The first-order valence-corrected chi connectivity index (χ1v) is 8.38. The zero-order valence-corrected chi connectivity index (χ0v) is 13.8. The van der Waals surface area contributed by atoms with Crippen molar-refractivity contribution in [2.45, 2.75) is 51.1 Å². The van der Waals surface area contributed by atoms with E-state index in [1.165, 1.54) is 0 Å². The van der Waals surface area contributed by atoms with E-state index in [0.29, 0.717) is 18.9 Å². The first-order valence-electron chi connectivity index (χ1n) is 8.38. The van der Waals surface area contributed by atoms with Crippen molar-refractivity contribution in [1.82, 2.24) is 25.3 Å². The summed E-state index contributed by atoms with van der Waals surface area (Å²) in [4.78, 5) is 28.0. The molecule has 3 rings (SSSR count). The number of likely N-dealkylation sites (tertiary alicyclic amines) is 2. The molecular weight excluding hydrogens is 294 g/mol. The number of urea groups is 1. The normalized spacial score (nSPS) is 22.9. The summed E-state index contributed by atoms with van der Waals surface area (Å²) in [7, 11) is 0. The molecule has 2 aliphatic heterocycles. The lowest BCUT2D eigenvalue weighted by molar-refractivity contribution is -0.129. The highest BCUT2D eigenvalue weighted by atomic mass is 16.2. The Morgan fingerprint density at radius 3 is 2.70 bits per heavy atom. The fourth-order valence-electron chi connectivity index (χ4n) is 3.48. The topological polar surface area (TPSA) is 81.3 Å². The van der Waals surface area contributed by atoms with Crippen LogP contribution in [0.1, 0.15) is 44.7 Å². The predicted molar refractivity (Wildman–Crippen MR) is 85.9 cm³/mol. The lowest BCUT2D eigenvalue weighted by atomic mass is 9.94. The molecule has 7 heteroatoms. The fraction of sp³-hybridized carbons (Fsp3) is 0.688. The van der Waals surface area contributed by atoms with Crippen LogP contribution < -0.4 is 5.32 Å². The molecule has 0 spiro atoms. The van der Waals surface area contributed by atoms with Gasteiger partial charge in [0.05, 0.1) is 6.04 Å². The minimum atomic E-state index is -0.0669. The Morgan fingerprint density at radius 1 is 1.39 bits per heavy atom. The molecule has 1 atom stereocenters. The Hall–Kier alpha value is -2.05. The van der Waals surface area contributed by atoms with E-state index in [2.05, 4.69) is 15.5 Å². The molecular formula is C16H25N5O2. The van der Waals surface area contributed by atoms with Gasteiger partial charge in [-0.25, -0.2) is 4.79 Å². The fourth-order valence-corrected chi connectivity index (χ4v) is 3.48. The quantitative estimate of drug-likeness (QED) is 0.881. The summed E-state index contributed by atoms with van der Waals surface area (Å²) in [5.74, 6) is 0.578. The van der Waals surface area contributed by atoms with E-state index in [1.54, 1.807) is 6.20 Å². The van der Waals surface area contributed by atoms with Gasteiger partial charge in [-0.15, -0.1) is 0 Å². The lowest BCUT2D eigenvalue weighted by Gasteiger charge is -2.32. The molecule has 0 bridgehead atoms. The van der Waals surface area contributed by atoms with Crippen LogP contribution in [-0.4, -0.2) is 63.7 Å². The van der Waals surface area contributed by atoms with Gasteiger partial charge in [-0.05, 0) is 32.8 Å². The molecule has 23 heavy (non-hydrogen) atoms. The van der Waals surface area contributed by atoms with E-state index in [9.17, 15) is 9.59 Å². The van der Waals surface area contributed by atoms with Gasteiger partial charge < -0.3 is 15.1 Å². The second-order valence-corrected chi connectivity index (χ2v) is 6.76. The van der Waals surface area contributed by atoms with Gasteiger partial charge in [0.15, 0.2) is 0 Å². The van der Waals surface area contributed by atoms with Crippen LogP contribution >= 0.6 is 0 Å². The van der Waals surface area contributed by atoms with Crippen molar-refractivity contribution in [3.8, 4) is 0 Å². The Labute approximate surface area is 136 Å². The Bertz CT molecular complexity index is 549. The molecule has 0 unspecified atom stereocenters. The van der Waals surface area contributed by atoms with Gasteiger partial charge in [-0.2, -0.15) is 5.10 Å². The molecule has 2 N–H and O–H groups in total. The summed E-state index contributed by atoms with van der Waals surface area (Å²) in [6, 6.07) is 2.08. The molecule has 1 aromatic rings. The maximum Gasteiger partial charge on any atom is 0.317 e. The van der Waals surface area contributed by atoms with Crippen LogP contribution in [0.5, 0.6) is 0 Å². The average Bonchev–Trinajstić information content (AvgIpc) is 3.17. The standard InChI is InChI=1S/C16H25N5O2/c1-11(2)21-10-13(9-15(21)22)18-16(23)20-7-4-12(5-8-20)14-3-6-17-19-14/h3,6,11-13H,4-5,7-10H2,1-2H3,(H,17,19)(H,18,23)/t13-/m0/s1. The maximum absolute atomic E-state index is 12.4. The Morgan fingerprint density at radius 2 is 2.13 bits per heavy atom. The largest absolute Gasteiger partial charge is 0.338 e. The molecule has 0 aliphatic carbocycles. The summed E-state index contributed by atoms with van der Waals surface area (Å²) in [6.07, 6.45) is 4.06. The molecule has 3 heterocycles. The summed E-state index contributed by atoms with van der Waals surface area (Å²) in [6.45, 7) is 6.10. The zero-order valence-electron chi connectivity index (χ0n) is 13.8. The third kappa shape index (κ3) is 3.48. The Balaban J connectivity index is 1.48. The summed E-state index contributed by atoms with van der Waals surface area (Å²) in [5, 5.41) is 10.0. The molecule has 0 radical (unpaired) electrons. The van der Waals surface area contributed by atoms with Gasteiger partial charge >= 0.3 is 6.03 Å². The minimum Gasteiger partial charge on any atom is -0.338 e. The molecule has 3 amide bonds. The molecule has 0 aromatic carbocycles. The summed E-state index contributed by atoms with van der Waals surface area (Å²) < 4.78 is 0. The molecule has 2 saturated heterocycles. The maximum atomic E-state index is 12.4. The number of H-pyrrole nitrogens is 1. The van der Waals surface area contributed by atoms with Crippen molar-refractivity contribution >= 4 is 11.9 Å². The van der Waals surface area contributed by atoms with Crippen LogP contribution in [0.4, 0.5) is 4.79 Å². The van der Waals surface area contributed by atoms with Crippen molar-refractivity contribution in [1.29, 1.82) is 0 Å². The number of nitrogens with zero attached hydrogens (tertiary/aromatic N) is 3. The lowest BCUT2D eigenvalue weighted by Crippen LogP contribution is -2.48. The van der Waals surface area contributed by atoms with Gasteiger partial charge in [-0.3, -0.25) is 9.89 Å². The van der Waals surface area contributed by atoms with Crippen molar-refractivity contribution in [3.05, 3.63) is 18.0 Å². The number of hydrogen-bond donors (Lipinski definition) is 2. The smallest absolute Gasteiger partial charge is 0.317 e. The van der Waals surface area contributed by atoms with E-state index in [4.69, 9.17) is 0 Å². The molecule has 1 aromatic heterocycles. The van der Waals surface area contributed by atoms with E-state index in [-0.39, 0.29) is 24.0 Å². The van der Waals surface area contributed by atoms with Crippen LogP contribution in [0.25, 0.3) is 0 Å². The molecule has 2 aliphatic rings. The van der Waals surface area contributed by atoms with Crippen LogP contribution in [0, 0.1) is 0 Å². The van der Waals surface area contributed by atoms with Crippen LogP contribution in [0.2, 0.25) is 0 Å². The van der Waals surface area contributed by atoms with Crippen molar-refractivity contribution in [3.63, 3.8) is 0 Å². The van der Waals surface area contributed by atoms with Gasteiger partial charge in [-0.1, -0.05) is 0 Å². The number of carbonyl (C=O) groups excluding carboxylic acids is 2. The van der Waals surface area contributed by atoms with Gasteiger partial charge in [0.1, 0.15) is 0 Å². The molecule has 7 nitrogen and oxygen atoms in total. The second kappa shape index (κ2) is 6.60. The van der Waals surface area contributed by atoms with Crippen molar-refractivity contribution in [2.24, 2.45) is 0 Å². The highest BCUT2D eigenvalue weighted by molar-refractivity contribution is 5.82. The number of aromatic amines is 1. The minimum absolute atomic E-state index is 0.0449. The zero-order chi connectivity index (χ0) is 16.4. The molecule has 126 valence electrons. The van der Waals surface area contributed by atoms with Crippen LogP contribution in [0.3, 0.4) is 0 Å². The van der Waals surface area contributed by atoms with E-state index in [1.807, 2.05) is 29.7 Å². The average molecular weight is 319 g/mol. The predicted octanol–water partition coefficient (Wildman–Crippen LogP) is 1.31. The summed E-state index contributed by atoms with van der Waals surface area (Å²) in [5.41, 5.74) is 1.15. The second-order valence-electron chi connectivity index (χ2n) is 6.76. The first kappa shape index (κ1) is 15.8. The van der Waals surface area contributed by atoms with Crippen molar-refractivity contribution < 1.29 is 9.59 Å². The van der Waals surface area contributed by atoms with E-state index in [0.717, 1.165) is 31.6 Å². The molecule has 2 fully saturated rings. The van der Waals surface area contributed by atoms with E-state index < -0.39 is 0 Å². The highest BCUT2D eigenvalue weighted by Gasteiger charge is 2.33. The number of rotatable bonds is 3. The number of nitrogens with one attached hydrogen (secondary N) is 2. The van der Waals surface area contributed by atoms with Gasteiger partial charge in [0.25, 0.3) is 0 Å². The number of hydrogen-bond acceptors (Lipinski definition) is 3. The molecule has 0 saturated carbocycles. The monoisotopic (exact) mass is 319 g/mol. The summed E-state index contributed by atoms with van der Waals surface area (Å²) >= 11 is 0. The van der Waals surface area contributed by atoms with Gasteiger partial charge in [0, 0.05) is 49.9 Å². The van der Waals surface area contributed by atoms with E-state index >= 15 is 0 Å². The first-order chi connectivity index (χ1) is 11.0. The number of aromatic nitrogens is 2. The SMILES string of the molecule is CC(C)N1C[C@@H](NC(=O)N2CCC(c3ccn[nH]3)CC2)CC1=O. The van der Waals surface area contributed by atoms with Crippen LogP contribution in [0.15, 0.2) is 12.3 Å². The van der Waals surface area contributed by atoms with Gasteiger partial charge in [0.2, 0.25) is 5.91 Å². The number of piperidine rings is 1. The van der Waals surface area contributed by atoms with Crippen LogP contribution in [-0.2, 0) is 4.79 Å².